The average Bonchev–Trinajstić information content (AvgIpc) is 2.76. The van der Waals surface area contributed by atoms with Gasteiger partial charge in [0.2, 0.25) is 5.91 Å². The van der Waals surface area contributed by atoms with Gasteiger partial charge in [-0.15, -0.1) is 0 Å². The predicted molar refractivity (Wildman–Crippen MR) is 108 cm³/mol. The second-order valence-corrected chi connectivity index (χ2v) is 8.00. The molecule has 0 aromatic heterocycles. The molecule has 0 radical (unpaired) electrons. The van der Waals surface area contributed by atoms with Gasteiger partial charge in [0, 0.05) is 31.6 Å². The van der Waals surface area contributed by atoms with Gasteiger partial charge in [0.05, 0.1) is 6.61 Å². The SMILES string of the molecule is O=C1CCC2(CCN(C(=O)c3ccc(-c4cccc(CO)c4)cc3)CC2)CN1. The highest BCUT2D eigenvalue weighted by molar-refractivity contribution is 5.94. The lowest BCUT2D eigenvalue weighted by Gasteiger charge is -2.44. The number of carbonyl (C=O) groups is 2. The van der Waals surface area contributed by atoms with Gasteiger partial charge in [0.15, 0.2) is 0 Å². The molecule has 2 aliphatic heterocycles. The predicted octanol–water partition coefficient (Wildman–Crippen LogP) is 2.98. The van der Waals surface area contributed by atoms with E-state index >= 15 is 0 Å². The van der Waals surface area contributed by atoms with Crippen molar-refractivity contribution in [3.8, 4) is 11.1 Å². The van der Waals surface area contributed by atoms with E-state index in [0.717, 1.165) is 55.6 Å². The number of likely N-dealkylation sites (tertiary alicyclic amines) is 1. The zero-order valence-electron chi connectivity index (χ0n) is 16.0. The van der Waals surface area contributed by atoms with Crippen LogP contribution in [0, 0.1) is 5.41 Å². The number of aliphatic hydroxyl groups is 1. The number of nitrogens with one attached hydrogen (secondary N) is 1. The Morgan fingerprint density at radius 2 is 1.79 bits per heavy atom. The van der Waals surface area contributed by atoms with Crippen molar-refractivity contribution in [1.29, 1.82) is 0 Å². The van der Waals surface area contributed by atoms with Gasteiger partial charge < -0.3 is 15.3 Å². The lowest BCUT2D eigenvalue weighted by atomic mass is 9.73. The van der Waals surface area contributed by atoms with Crippen molar-refractivity contribution in [2.45, 2.75) is 32.3 Å². The van der Waals surface area contributed by atoms with Crippen LogP contribution in [0.5, 0.6) is 0 Å². The molecule has 2 amide bonds. The Labute approximate surface area is 165 Å². The Balaban J connectivity index is 1.41. The molecule has 0 atom stereocenters. The van der Waals surface area contributed by atoms with Gasteiger partial charge in [-0.1, -0.05) is 30.3 Å². The summed E-state index contributed by atoms with van der Waals surface area (Å²) in [6.07, 6.45) is 3.44. The molecule has 0 saturated carbocycles. The molecule has 2 heterocycles. The van der Waals surface area contributed by atoms with Crippen LogP contribution in [-0.4, -0.2) is 41.5 Å². The fourth-order valence-corrected chi connectivity index (χ4v) is 4.29. The number of piperidine rings is 2. The van der Waals surface area contributed by atoms with Crippen molar-refractivity contribution in [3.05, 3.63) is 59.7 Å². The third kappa shape index (κ3) is 3.80. The number of aliphatic hydroxyl groups excluding tert-OH is 1. The van der Waals surface area contributed by atoms with E-state index in [1.807, 2.05) is 53.4 Å². The van der Waals surface area contributed by atoms with E-state index in [9.17, 15) is 14.7 Å². The largest absolute Gasteiger partial charge is 0.392 e. The van der Waals surface area contributed by atoms with E-state index in [-0.39, 0.29) is 23.8 Å². The lowest BCUT2D eigenvalue weighted by Crippen LogP contribution is -2.50. The number of rotatable bonds is 3. The van der Waals surface area contributed by atoms with Crippen LogP contribution in [0.3, 0.4) is 0 Å². The smallest absolute Gasteiger partial charge is 0.253 e. The zero-order valence-corrected chi connectivity index (χ0v) is 16.0. The first-order chi connectivity index (χ1) is 13.6. The number of benzene rings is 2. The molecule has 2 N–H and O–H groups in total. The number of hydrogen-bond donors (Lipinski definition) is 2. The standard InChI is InChI=1S/C23H26N2O3/c26-15-17-2-1-3-20(14-17)18-4-6-19(7-5-18)22(28)25-12-10-23(11-13-25)9-8-21(27)24-16-23/h1-7,14,26H,8-13,15-16H2,(H,24,27). The molecule has 28 heavy (non-hydrogen) atoms. The van der Waals surface area contributed by atoms with Gasteiger partial charge in [0.25, 0.3) is 5.91 Å². The first kappa shape index (κ1) is 18.7. The van der Waals surface area contributed by atoms with Crippen LogP contribution in [0.2, 0.25) is 0 Å². The number of carbonyl (C=O) groups excluding carboxylic acids is 2. The molecule has 2 fully saturated rings. The minimum absolute atomic E-state index is 0.0184. The van der Waals surface area contributed by atoms with Crippen LogP contribution in [-0.2, 0) is 11.4 Å². The number of amides is 2. The van der Waals surface area contributed by atoms with E-state index in [2.05, 4.69) is 5.32 Å². The molecular formula is C23H26N2O3. The molecule has 2 aromatic rings. The van der Waals surface area contributed by atoms with Crippen LogP contribution in [0.15, 0.2) is 48.5 Å². The second-order valence-electron chi connectivity index (χ2n) is 8.00. The van der Waals surface area contributed by atoms with Crippen LogP contribution in [0.1, 0.15) is 41.6 Å². The molecule has 2 aromatic carbocycles. The van der Waals surface area contributed by atoms with Gasteiger partial charge in [-0.25, -0.2) is 0 Å². The van der Waals surface area contributed by atoms with Crippen LogP contribution >= 0.6 is 0 Å². The lowest BCUT2D eigenvalue weighted by molar-refractivity contribution is -0.125. The number of hydrogen-bond acceptors (Lipinski definition) is 3. The normalized spacial score (nSPS) is 18.8. The molecule has 5 nitrogen and oxygen atoms in total. The summed E-state index contributed by atoms with van der Waals surface area (Å²) in [6, 6.07) is 15.5. The minimum Gasteiger partial charge on any atom is -0.392 e. The molecule has 2 aliphatic rings. The third-order valence-electron chi connectivity index (χ3n) is 6.23. The fraction of sp³-hybridized carbons (Fsp3) is 0.391. The van der Waals surface area contributed by atoms with Crippen LogP contribution in [0.4, 0.5) is 0 Å². The first-order valence-electron chi connectivity index (χ1n) is 9.95. The van der Waals surface area contributed by atoms with Gasteiger partial charge in [-0.05, 0) is 59.6 Å². The molecule has 4 rings (SSSR count). The average molecular weight is 378 g/mol. The van der Waals surface area contributed by atoms with Crippen molar-refractivity contribution in [3.63, 3.8) is 0 Å². The summed E-state index contributed by atoms with van der Waals surface area (Å²) >= 11 is 0. The molecule has 0 unspecified atom stereocenters. The van der Waals surface area contributed by atoms with Crippen LogP contribution in [0.25, 0.3) is 11.1 Å². The van der Waals surface area contributed by atoms with E-state index in [1.54, 1.807) is 0 Å². The van der Waals surface area contributed by atoms with Gasteiger partial charge in [-0.2, -0.15) is 0 Å². The Morgan fingerprint density at radius 1 is 1.04 bits per heavy atom. The van der Waals surface area contributed by atoms with Crippen molar-refractivity contribution >= 4 is 11.8 Å². The highest BCUT2D eigenvalue weighted by Crippen LogP contribution is 2.37. The Bertz CT molecular complexity index is 856. The van der Waals surface area contributed by atoms with Gasteiger partial charge in [-0.3, -0.25) is 9.59 Å². The summed E-state index contributed by atoms with van der Waals surface area (Å²) in [5, 5.41) is 12.3. The summed E-state index contributed by atoms with van der Waals surface area (Å²) in [5.41, 5.74) is 3.81. The van der Waals surface area contributed by atoms with Crippen molar-refractivity contribution in [2.24, 2.45) is 5.41 Å². The Kier molecular flexibility index (Phi) is 5.18. The topological polar surface area (TPSA) is 69.6 Å². The third-order valence-corrected chi connectivity index (χ3v) is 6.23. The highest BCUT2D eigenvalue weighted by atomic mass is 16.3. The minimum atomic E-state index is 0.0184. The summed E-state index contributed by atoms with van der Waals surface area (Å²) in [6.45, 7) is 2.25. The van der Waals surface area contributed by atoms with E-state index in [4.69, 9.17) is 0 Å². The fourth-order valence-electron chi connectivity index (χ4n) is 4.29. The Hall–Kier alpha value is -2.66. The van der Waals surface area contributed by atoms with E-state index in [0.29, 0.717) is 12.0 Å². The second kappa shape index (κ2) is 7.76. The van der Waals surface area contributed by atoms with Crippen molar-refractivity contribution in [1.82, 2.24) is 10.2 Å². The van der Waals surface area contributed by atoms with E-state index in [1.165, 1.54) is 0 Å². The maximum absolute atomic E-state index is 12.9. The number of nitrogens with zero attached hydrogens (tertiary/aromatic N) is 1. The maximum atomic E-state index is 12.9. The molecular weight excluding hydrogens is 352 g/mol. The van der Waals surface area contributed by atoms with Gasteiger partial charge >= 0.3 is 0 Å². The summed E-state index contributed by atoms with van der Waals surface area (Å²) < 4.78 is 0. The summed E-state index contributed by atoms with van der Waals surface area (Å²) in [5.74, 6) is 0.221. The first-order valence-corrected chi connectivity index (χ1v) is 9.95. The molecule has 1 spiro atoms. The van der Waals surface area contributed by atoms with Crippen molar-refractivity contribution in [2.75, 3.05) is 19.6 Å². The molecule has 5 heteroatoms. The summed E-state index contributed by atoms with van der Waals surface area (Å²) in [4.78, 5) is 26.3. The highest BCUT2D eigenvalue weighted by Gasteiger charge is 2.38. The molecule has 146 valence electrons. The van der Waals surface area contributed by atoms with E-state index < -0.39 is 0 Å². The van der Waals surface area contributed by atoms with Crippen LogP contribution < -0.4 is 5.32 Å². The monoisotopic (exact) mass is 378 g/mol. The quantitative estimate of drug-likeness (QED) is 0.863. The molecule has 0 aliphatic carbocycles. The molecule has 0 bridgehead atoms. The zero-order chi connectivity index (χ0) is 19.6. The van der Waals surface area contributed by atoms with Gasteiger partial charge in [0.1, 0.15) is 0 Å². The molecule has 2 saturated heterocycles. The van der Waals surface area contributed by atoms with Crippen molar-refractivity contribution < 1.29 is 14.7 Å². The maximum Gasteiger partial charge on any atom is 0.253 e. The summed E-state index contributed by atoms with van der Waals surface area (Å²) in [7, 11) is 0. The Morgan fingerprint density at radius 3 is 2.43 bits per heavy atom.